The molecule has 0 saturated carbocycles. The monoisotopic (exact) mass is 123 g/mol. The highest BCUT2D eigenvalue weighted by atomic mass is 15.2. The van der Waals surface area contributed by atoms with E-state index in [1.807, 2.05) is 19.0 Å². The summed E-state index contributed by atoms with van der Waals surface area (Å²) in [6.07, 6.45) is 5.25. The molecule has 0 atom stereocenters. The summed E-state index contributed by atoms with van der Waals surface area (Å²) in [5, 5.41) is 0. The van der Waals surface area contributed by atoms with Gasteiger partial charge in [-0.3, -0.25) is 4.90 Å². The zero-order valence-electron chi connectivity index (χ0n) is 5.57. The predicted octanol–water partition coefficient (Wildman–Crippen LogP) is -0.162. The Bertz CT molecular complexity index is 177. The molecule has 0 spiro atoms. The summed E-state index contributed by atoms with van der Waals surface area (Å²) in [5.74, 6) is 0.748. The van der Waals surface area contributed by atoms with Gasteiger partial charge >= 0.3 is 5.96 Å². The van der Waals surface area contributed by atoms with E-state index in [-0.39, 0.29) is 0 Å². The third-order valence-corrected chi connectivity index (χ3v) is 0.952. The van der Waals surface area contributed by atoms with E-state index in [1.54, 1.807) is 18.5 Å². The SMILES string of the molecule is CN(C)C1=NC=CC=[N+]1. The highest BCUT2D eigenvalue weighted by Gasteiger charge is 2.09. The second-order valence-corrected chi connectivity index (χ2v) is 1.94. The Labute approximate surface area is 54.4 Å². The van der Waals surface area contributed by atoms with E-state index < -0.39 is 0 Å². The normalized spacial score (nSPS) is 15.6. The van der Waals surface area contributed by atoms with Crippen molar-refractivity contribution in [3.05, 3.63) is 12.3 Å². The first-order valence-electron chi connectivity index (χ1n) is 2.75. The number of guanidine groups is 1. The number of nitrogens with zero attached hydrogens (tertiary/aromatic N) is 3. The molecule has 3 heteroatoms. The highest BCUT2D eigenvalue weighted by Crippen LogP contribution is 1.84. The molecule has 0 aromatic heterocycles. The average molecular weight is 123 g/mol. The summed E-state index contributed by atoms with van der Waals surface area (Å²) in [6.45, 7) is 0. The van der Waals surface area contributed by atoms with E-state index in [1.165, 1.54) is 0 Å². The van der Waals surface area contributed by atoms with Crippen LogP contribution in [0.2, 0.25) is 0 Å². The van der Waals surface area contributed by atoms with E-state index in [9.17, 15) is 0 Å². The summed E-state index contributed by atoms with van der Waals surface area (Å²) in [5.41, 5.74) is 0. The molecule has 0 aromatic carbocycles. The smallest absolute Gasteiger partial charge is 0.264 e. The molecular weight excluding hydrogens is 114 g/mol. The molecule has 0 saturated heterocycles. The average Bonchev–Trinajstić information content (AvgIpc) is 1.90. The molecule has 1 rings (SSSR count). The van der Waals surface area contributed by atoms with Gasteiger partial charge in [0.1, 0.15) is 12.4 Å². The first-order valence-corrected chi connectivity index (χ1v) is 2.75. The summed E-state index contributed by atoms with van der Waals surface area (Å²) in [7, 11) is 3.82. The van der Waals surface area contributed by atoms with Crippen molar-refractivity contribution >= 4 is 12.2 Å². The molecule has 0 aromatic rings. The molecule has 0 unspecified atom stereocenters. The van der Waals surface area contributed by atoms with Crippen molar-refractivity contribution in [3.63, 3.8) is 0 Å². The quantitative estimate of drug-likeness (QED) is 0.440. The maximum atomic E-state index is 3.99. The largest absolute Gasteiger partial charge is 0.427 e. The van der Waals surface area contributed by atoms with Crippen molar-refractivity contribution in [2.24, 2.45) is 4.99 Å². The fourth-order valence-corrected chi connectivity index (χ4v) is 0.522. The van der Waals surface area contributed by atoms with Crippen LogP contribution in [0.3, 0.4) is 0 Å². The second kappa shape index (κ2) is 2.44. The Morgan fingerprint density at radius 1 is 1.56 bits per heavy atom. The lowest BCUT2D eigenvalue weighted by molar-refractivity contribution is 0.608. The molecule has 0 aliphatic carbocycles. The van der Waals surface area contributed by atoms with Crippen molar-refractivity contribution in [3.8, 4) is 0 Å². The van der Waals surface area contributed by atoms with Crippen LogP contribution in [0.15, 0.2) is 17.3 Å². The number of hydrogen-bond acceptors (Lipinski definition) is 3. The van der Waals surface area contributed by atoms with Crippen molar-refractivity contribution in [2.45, 2.75) is 0 Å². The fourth-order valence-electron chi connectivity index (χ4n) is 0.522. The molecule has 9 heavy (non-hydrogen) atoms. The van der Waals surface area contributed by atoms with Gasteiger partial charge < -0.3 is 0 Å². The Morgan fingerprint density at radius 2 is 2.33 bits per heavy atom. The maximum absolute atomic E-state index is 3.99. The van der Waals surface area contributed by atoms with E-state index >= 15 is 0 Å². The highest BCUT2D eigenvalue weighted by molar-refractivity contribution is 5.90. The van der Waals surface area contributed by atoms with Crippen molar-refractivity contribution in [2.75, 3.05) is 14.1 Å². The topological polar surface area (TPSA) is 29.7 Å². The minimum absolute atomic E-state index is 0.748. The zero-order valence-corrected chi connectivity index (χ0v) is 5.57. The first kappa shape index (κ1) is 6.01. The lowest BCUT2D eigenvalue weighted by Gasteiger charge is -1.99. The Kier molecular flexibility index (Phi) is 1.63. The predicted molar refractivity (Wildman–Crippen MR) is 38.5 cm³/mol. The van der Waals surface area contributed by atoms with Crippen molar-refractivity contribution in [1.82, 2.24) is 9.89 Å². The van der Waals surface area contributed by atoms with Crippen LogP contribution in [0.1, 0.15) is 0 Å². The Balaban J connectivity index is 2.72. The van der Waals surface area contributed by atoms with Gasteiger partial charge in [-0.15, -0.1) is 0 Å². The molecule has 47 valence electrons. The number of aliphatic imine (C=N–C) groups is 2. The molecule has 1 aliphatic rings. The van der Waals surface area contributed by atoms with Gasteiger partial charge in [-0.25, -0.2) is 0 Å². The zero-order chi connectivity index (χ0) is 6.69. The molecule has 0 bridgehead atoms. The van der Waals surface area contributed by atoms with Crippen LogP contribution in [0, 0.1) is 0 Å². The van der Waals surface area contributed by atoms with Crippen LogP contribution in [-0.2, 0) is 0 Å². The number of hydrogen-bond donors (Lipinski definition) is 0. The lowest BCUT2D eigenvalue weighted by atomic mass is 10.6. The third-order valence-electron chi connectivity index (χ3n) is 0.952. The van der Waals surface area contributed by atoms with Crippen LogP contribution >= 0.6 is 0 Å². The third kappa shape index (κ3) is 1.38. The van der Waals surface area contributed by atoms with Crippen LogP contribution in [0.4, 0.5) is 0 Å². The molecule has 0 amide bonds. The van der Waals surface area contributed by atoms with Gasteiger partial charge in [0.15, 0.2) is 0 Å². The second-order valence-electron chi connectivity index (χ2n) is 1.94. The van der Waals surface area contributed by atoms with Gasteiger partial charge in [-0.1, -0.05) is 9.98 Å². The van der Waals surface area contributed by atoms with Crippen LogP contribution < -0.4 is 4.99 Å². The van der Waals surface area contributed by atoms with Gasteiger partial charge in [0.25, 0.3) is 0 Å². The van der Waals surface area contributed by atoms with E-state index in [0.717, 1.165) is 5.96 Å². The number of allylic oxidation sites excluding steroid dienone is 1. The molecule has 0 fully saturated rings. The first-order chi connectivity index (χ1) is 4.30. The van der Waals surface area contributed by atoms with Gasteiger partial charge in [-0.2, -0.15) is 0 Å². The molecule has 1 radical (unpaired) electrons. The maximum Gasteiger partial charge on any atom is 0.427 e. The molecule has 3 nitrogen and oxygen atoms in total. The minimum atomic E-state index is 0.748. The van der Waals surface area contributed by atoms with Crippen molar-refractivity contribution in [1.29, 1.82) is 0 Å². The van der Waals surface area contributed by atoms with Crippen LogP contribution in [0.5, 0.6) is 0 Å². The summed E-state index contributed by atoms with van der Waals surface area (Å²) >= 11 is 0. The standard InChI is InChI=1S/C6H9N3/c1-9(2)6-7-4-3-5-8-6/h3-5H,1-2H3/q+1. The molecule has 0 N–H and O–H groups in total. The Morgan fingerprint density at radius 3 is 2.67 bits per heavy atom. The van der Waals surface area contributed by atoms with E-state index in [4.69, 9.17) is 0 Å². The van der Waals surface area contributed by atoms with Crippen LogP contribution in [-0.4, -0.2) is 31.2 Å². The van der Waals surface area contributed by atoms with Crippen molar-refractivity contribution < 1.29 is 0 Å². The summed E-state index contributed by atoms with van der Waals surface area (Å²) in [4.78, 5) is 9.85. The fraction of sp³-hybridized carbons (Fsp3) is 0.333. The van der Waals surface area contributed by atoms with E-state index in [2.05, 4.69) is 9.98 Å². The van der Waals surface area contributed by atoms with Gasteiger partial charge in [-0.05, 0) is 0 Å². The van der Waals surface area contributed by atoms with Gasteiger partial charge in [0, 0.05) is 6.08 Å². The summed E-state index contributed by atoms with van der Waals surface area (Å²) in [6, 6.07) is 0. The molecule has 1 heterocycles. The van der Waals surface area contributed by atoms with Gasteiger partial charge in [0.2, 0.25) is 0 Å². The molecule has 1 aliphatic heterocycles. The van der Waals surface area contributed by atoms with Crippen LogP contribution in [0.25, 0.3) is 0 Å². The molecular formula is C6H9N3+. The summed E-state index contributed by atoms with van der Waals surface area (Å²) < 4.78 is 0. The minimum Gasteiger partial charge on any atom is -0.264 e. The van der Waals surface area contributed by atoms with E-state index in [0.29, 0.717) is 0 Å². The lowest BCUT2D eigenvalue weighted by Crippen LogP contribution is -2.27. The van der Waals surface area contributed by atoms with Gasteiger partial charge in [0.05, 0.1) is 14.1 Å². The Hall–Kier alpha value is -1.12. The number of rotatable bonds is 0.